The van der Waals surface area contributed by atoms with E-state index in [1.165, 1.54) is 0 Å². The molecule has 2 unspecified atom stereocenters. The lowest BCUT2D eigenvalue weighted by atomic mass is 10.1. The van der Waals surface area contributed by atoms with Crippen LogP contribution in [-0.2, 0) is 4.74 Å². The number of anilines is 1. The molecule has 0 aliphatic carbocycles. The van der Waals surface area contributed by atoms with Crippen LogP contribution in [0.4, 0.5) is 10.5 Å². The van der Waals surface area contributed by atoms with Crippen molar-refractivity contribution in [2.45, 2.75) is 38.8 Å². The number of ether oxygens (including phenoxy) is 1. The molecule has 1 aromatic rings. The molecule has 1 saturated heterocycles. The summed E-state index contributed by atoms with van der Waals surface area (Å²) >= 11 is 0. The zero-order valence-corrected chi connectivity index (χ0v) is 12.8. The third kappa shape index (κ3) is 4.44. The zero-order chi connectivity index (χ0) is 15.2. The van der Waals surface area contributed by atoms with Crippen LogP contribution in [0.25, 0.3) is 0 Å². The number of likely N-dealkylation sites (N-methyl/N-ethyl adjacent to an activating group) is 1. The minimum Gasteiger partial charge on any atom is -0.376 e. The lowest BCUT2D eigenvalue weighted by Crippen LogP contribution is -2.39. The smallest absolute Gasteiger partial charge is 0.321 e. The number of nitrogens with one attached hydrogen (secondary N) is 1. The summed E-state index contributed by atoms with van der Waals surface area (Å²) < 4.78 is 5.59. The van der Waals surface area contributed by atoms with E-state index in [2.05, 4.69) is 5.32 Å². The molecule has 5 nitrogen and oxygen atoms in total. The molecule has 3 N–H and O–H groups in total. The van der Waals surface area contributed by atoms with Crippen molar-refractivity contribution in [2.75, 3.05) is 25.0 Å². The van der Waals surface area contributed by atoms with E-state index >= 15 is 0 Å². The van der Waals surface area contributed by atoms with Crippen LogP contribution in [0.15, 0.2) is 24.3 Å². The van der Waals surface area contributed by atoms with Gasteiger partial charge in [0.15, 0.2) is 0 Å². The fourth-order valence-electron chi connectivity index (χ4n) is 2.46. The Bertz CT molecular complexity index is 453. The van der Waals surface area contributed by atoms with Crippen LogP contribution < -0.4 is 11.1 Å². The maximum atomic E-state index is 12.3. The number of rotatable bonds is 5. The second-order valence-corrected chi connectivity index (χ2v) is 5.51. The Kier molecular flexibility index (Phi) is 5.59. The Hall–Kier alpha value is -1.59. The summed E-state index contributed by atoms with van der Waals surface area (Å²) in [5.74, 6) is 0. The standard InChI is InChI=1S/C16H25N3O2/c1-3-19(11-15-5-4-10-21-15)16(20)18-14-8-6-13(7-9-14)12(2)17/h6-9,12,15H,3-5,10-11,17H2,1-2H3,(H,18,20). The van der Waals surface area contributed by atoms with Crippen molar-refractivity contribution < 1.29 is 9.53 Å². The molecule has 2 atom stereocenters. The van der Waals surface area contributed by atoms with E-state index in [1.54, 1.807) is 4.90 Å². The molecule has 1 aliphatic rings. The van der Waals surface area contributed by atoms with Gasteiger partial charge in [-0.25, -0.2) is 4.79 Å². The third-order valence-corrected chi connectivity index (χ3v) is 3.80. The first-order valence-electron chi connectivity index (χ1n) is 7.63. The molecule has 5 heteroatoms. The summed E-state index contributed by atoms with van der Waals surface area (Å²) in [5, 5.41) is 2.92. The Morgan fingerprint density at radius 3 is 2.71 bits per heavy atom. The number of benzene rings is 1. The maximum absolute atomic E-state index is 12.3. The predicted molar refractivity (Wildman–Crippen MR) is 84.3 cm³/mol. The fraction of sp³-hybridized carbons (Fsp3) is 0.562. The van der Waals surface area contributed by atoms with Crippen molar-refractivity contribution in [1.29, 1.82) is 0 Å². The van der Waals surface area contributed by atoms with Crippen LogP contribution in [0.5, 0.6) is 0 Å². The van der Waals surface area contributed by atoms with Gasteiger partial charge in [-0.05, 0) is 44.4 Å². The van der Waals surface area contributed by atoms with E-state index in [0.29, 0.717) is 13.1 Å². The summed E-state index contributed by atoms with van der Waals surface area (Å²) in [6, 6.07) is 7.57. The van der Waals surface area contributed by atoms with Gasteiger partial charge in [-0.2, -0.15) is 0 Å². The van der Waals surface area contributed by atoms with Gasteiger partial charge in [-0.1, -0.05) is 12.1 Å². The molecule has 1 fully saturated rings. The number of amides is 2. The fourth-order valence-corrected chi connectivity index (χ4v) is 2.46. The molecule has 0 bridgehead atoms. The zero-order valence-electron chi connectivity index (χ0n) is 12.8. The highest BCUT2D eigenvalue weighted by molar-refractivity contribution is 5.89. The second-order valence-electron chi connectivity index (χ2n) is 5.51. The van der Waals surface area contributed by atoms with E-state index in [-0.39, 0.29) is 18.2 Å². The number of nitrogens with zero attached hydrogens (tertiary/aromatic N) is 1. The lowest BCUT2D eigenvalue weighted by Gasteiger charge is -2.24. The van der Waals surface area contributed by atoms with Gasteiger partial charge < -0.3 is 20.7 Å². The number of nitrogens with two attached hydrogens (primary N) is 1. The molecule has 21 heavy (non-hydrogen) atoms. The first-order chi connectivity index (χ1) is 10.1. The van der Waals surface area contributed by atoms with Crippen molar-refractivity contribution in [3.63, 3.8) is 0 Å². The van der Waals surface area contributed by atoms with Gasteiger partial charge in [0, 0.05) is 31.4 Å². The predicted octanol–water partition coefficient (Wildman–Crippen LogP) is 2.74. The highest BCUT2D eigenvalue weighted by atomic mass is 16.5. The summed E-state index contributed by atoms with van der Waals surface area (Å²) in [6.07, 6.45) is 2.30. The minimum absolute atomic E-state index is 0.00130. The molecule has 0 aromatic heterocycles. The molecule has 0 radical (unpaired) electrons. The Morgan fingerprint density at radius 2 is 2.19 bits per heavy atom. The Labute approximate surface area is 126 Å². The van der Waals surface area contributed by atoms with Crippen LogP contribution in [0.2, 0.25) is 0 Å². The quantitative estimate of drug-likeness (QED) is 0.876. The normalized spacial score (nSPS) is 19.3. The van der Waals surface area contributed by atoms with Crippen LogP contribution in [-0.4, -0.2) is 36.7 Å². The first-order valence-corrected chi connectivity index (χ1v) is 7.63. The van der Waals surface area contributed by atoms with E-state index in [0.717, 1.165) is 30.7 Å². The largest absolute Gasteiger partial charge is 0.376 e. The molecular formula is C16H25N3O2. The summed E-state index contributed by atoms with van der Waals surface area (Å²) in [7, 11) is 0. The highest BCUT2D eigenvalue weighted by Crippen LogP contribution is 2.16. The van der Waals surface area contributed by atoms with Crippen LogP contribution in [0.3, 0.4) is 0 Å². The Morgan fingerprint density at radius 1 is 1.48 bits per heavy atom. The van der Waals surface area contributed by atoms with Crippen molar-refractivity contribution in [2.24, 2.45) is 5.73 Å². The van der Waals surface area contributed by atoms with Crippen LogP contribution in [0, 0.1) is 0 Å². The number of urea groups is 1. The summed E-state index contributed by atoms with van der Waals surface area (Å²) in [5.41, 5.74) is 7.66. The highest BCUT2D eigenvalue weighted by Gasteiger charge is 2.21. The molecular weight excluding hydrogens is 266 g/mol. The first kappa shape index (κ1) is 15.8. The van der Waals surface area contributed by atoms with Gasteiger partial charge in [-0.3, -0.25) is 0 Å². The van der Waals surface area contributed by atoms with Crippen LogP contribution >= 0.6 is 0 Å². The van der Waals surface area contributed by atoms with Crippen molar-refractivity contribution in [1.82, 2.24) is 4.90 Å². The minimum atomic E-state index is -0.0819. The van der Waals surface area contributed by atoms with E-state index in [4.69, 9.17) is 10.5 Å². The van der Waals surface area contributed by atoms with Crippen molar-refractivity contribution in [3.8, 4) is 0 Å². The van der Waals surface area contributed by atoms with E-state index in [9.17, 15) is 4.79 Å². The SMILES string of the molecule is CCN(CC1CCCO1)C(=O)Nc1ccc(C(C)N)cc1. The maximum Gasteiger partial charge on any atom is 0.321 e. The van der Waals surface area contributed by atoms with E-state index < -0.39 is 0 Å². The number of carbonyl (C=O) groups is 1. The van der Waals surface area contributed by atoms with Crippen LogP contribution in [0.1, 0.15) is 38.3 Å². The molecule has 116 valence electrons. The van der Waals surface area contributed by atoms with Crippen molar-refractivity contribution in [3.05, 3.63) is 29.8 Å². The summed E-state index contributed by atoms with van der Waals surface area (Å²) in [6.45, 7) is 6.05. The molecule has 2 amide bonds. The van der Waals surface area contributed by atoms with Crippen molar-refractivity contribution >= 4 is 11.7 Å². The monoisotopic (exact) mass is 291 g/mol. The molecule has 0 saturated carbocycles. The van der Waals surface area contributed by atoms with Gasteiger partial charge in [0.1, 0.15) is 0 Å². The number of hydrogen-bond donors (Lipinski definition) is 2. The Balaban J connectivity index is 1.91. The third-order valence-electron chi connectivity index (χ3n) is 3.80. The molecule has 2 rings (SSSR count). The average Bonchev–Trinajstić information content (AvgIpc) is 2.98. The molecule has 1 heterocycles. The number of carbonyl (C=O) groups excluding carboxylic acids is 1. The molecule has 1 aliphatic heterocycles. The van der Waals surface area contributed by atoms with Gasteiger partial charge >= 0.3 is 6.03 Å². The average molecular weight is 291 g/mol. The molecule has 0 spiro atoms. The second kappa shape index (κ2) is 7.43. The van der Waals surface area contributed by atoms with Gasteiger partial charge in [0.2, 0.25) is 0 Å². The topological polar surface area (TPSA) is 67.6 Å². The van der Waals surface area contributed by atoms with Gasteiger partial charge in [0.25, 0.3) is 0 Å². The van der Waals surface area contributed by atoms with Gasteiger partial charge in [0.05, 0.1) is 6.10 Å². The number of hydrogen-bond acceptors (Lipinski definition) is 3. The lowest BCUT2D eigenvalue weighted by molar-refractivity contribution is 0.0849. The van der Waals surface area contributed by atoms with Gasteiger partial charge in [-0.15, -0.1) is 0 Å². The summed E-state index contributed by atoms with van der Waals surface area (Å²) in [4.78, 5) is 14.1. The molecule has 1 aromatic carbocycles. The van der Waals surface area contributed by atoms with E-state index in [1.807, 2.05) is 38.1 Å².